The number of nitrogens with zero attached hydrogens (tertiary/aromatic N) is 3. The van der Waals surface area contributed by atoms with Gasteiger partial charge in [-0.05, 0) is 18.2 Å². The number of rotatable bonds is 7. The summed E-state index contributed by atoms with van der Waals surface area (Å²) in [7, 11) is 0. The van der Waals surface area contributed by atoms with Crippen LogP contribution in [0.1, 0.15) is 0 Å². The predicted molar refractivity (Wildman–Crippen MR) is 101 cm³/mol. The first-order valence-electron chi connectivity index (χ1n) is 8.25. The summed E-state index contributed by atoms with van der Waals surface area (Å²) in [4.78, 5) is 38.7. The quantitative estimate of drug-likeness (QED) is 0.371. The zero-order valence-electron chi connectivity index (χ0n) is 14.3. The molecule has 0 bridgehead atoms. The summed E-state index contributed by atoms with van der Waals surface area (Å²) < 4.78 is 1.35. The number of hydrogen-bond acceptors (Lipinski definition) is 6. The highest BCUT2D eigenvalue weighted by molar-refractivity contribution is 5.80. The second-order valence-electron chi connectivity index (χ2n) is 5.72. The number of para-hydroxylation sites is 4. The van der Waals surface area contributed by atoms with Crippen molar-refractivity contribution in [2.24, 2.45) is 0 Å². The third kappa shape index (κ3) is 4.27. The molecule has 0 saturated heterocycles. The molecule has 0 radical (unpaired) electrons. The van der Waals surface area contributed by atoms with Crippen LogP contribution in [0.5, 0.6) is 0 Å². The van der Waals surface area contributed by atoms with Crippen molar-refractivity contribution in [2.45, 2.75) is 6.54 Å². The Kier molecular flexibility index (Phi) is 5.41. The van der Waals surface area contributed by atoms with Gasteiger partial charge in [0.05, 0.1) is 22.2 Å². The van der Waals surface area contributed by atoms with Gasteiger partial charge in [0.1, 0.15) is 12.2 Å². The number of hydrogen-bond donors (Lipinski definition) is 2. The van der Waals surface area contributed by atoms with Crippen molar-refractivity contribution in [3.05, 3.63) is 75.2 Å². The molecule has 1 amide bonds. The molecule has 0 aliphatic heterocycles. The summed E-state index contributed by atoms with van der Waals surface area (Å²) >= 11 is 0. The van der Waals surface area contributed by atoms with Crippen molar-refractivity contribution in [2.75, 3.05) is 18.4 Å². The third-order valence-electron chi connectivity index (χ3n) is 3.92. The van der Waals surface area contributed by atoms with E-state index in [-0.39, 0.29) is 30.2 Å². The van der Waals surface area contributed by atoms with E-state index in [0.717, 1.165) is 0 Å². The van der Waals surface area contributed by atoms with Crippen LogP contribution in [-0.2, 0) is 11.3 Å². The molecule has 3 aromatic rings. The number of nitro groups is 1. The highest BCUT2D eigenvalue weighted by Gasteiger charge is 2.12. The molecule has 2 aromatic carbocycles. The molecule has 0 atom stereocenters. The lowest BCUT2D eigenvalue weighted by molar-refractivity contribution is -0.384. The SMILES string of the molecule is O=C(Cn1c(=O)cnc2ccccc21)NCCNc1ccccc1[N+](=O)[O-]. The molecular weight excluding hydrogens is 350 g/mol. The number of nitro benzene ring substituents is 1. The third-order valence-corrected chi connectivity index (χ3v) is 3.92. The molecule has 1 aromatic heterocycles. The number of benzene rings is 2. The van der Waals surface area contributed by atoms with E-state index in [1.807, 2.05) is 0 Å². The highest BCUT2D eigenvalue weighted by Crippen LogP contribution is 2.22. The Morgan fingerprint density at radius 1 is 1.11 bits per heavy atom. The van der Waals surface area contributed by atoms with Crippen LogP contribution in [-0.4, -0.2) is 33.5 Å². The second kappa shape index (κ2) is 8.09. The summed E-state index contributed by atoms with van der Waals surface area (Å²) in [6, 6.07) is 13.3. The molecule has 0 fully saturated rings. The van der Waals surface area contributed by atoms with Gasteiger partial charge in [-0.2, -0.15) is 0 Å². The monoisotopic (exact) mass is 367 g/mol. The number of anilines is 1. The van der Waals surface area contributed by atoms with Gasteiger partial charge in [0, 0.05) is 19.2 Å². The van der Waals surface area contributed by atoms with Crippen molar-refractivity contribution in [1.82, 2.24) is 14.9 Å². The summed E-state index contributed by atoms with van der Waals surface area (Å²) in [6.45, 7) is 0.429. The van der Waals surface area contributed by atoms with Gasteiger partial charge in [-0.25, -0.2) is 4.98 Å². The van der Waals surface area contributed by atoms with Gasteiger partial charge in [0.25, 0.3) is 11.2 Å². The molecule has 9 heteroatoms. The maximum absolute atomic E-state index is 12.2. The van der Waals surface area contributed by atoms with Crippen LogP contribution < -0.4 is 16.2 Å². The molecule has 0 unspecified atom stereocenters. The van der Waals surface area contributed by atoms with Crippen LogP contribution in [0.25, 0.3) is 11.0 Å². The molecule has 27 heavy (non-hydrogen) atoms. The Morgan fingerprint density at radius 3 is 2.67 bits per heavy atom. The summed E-state index contributed by atoms with van der Waals surface area (Å²) in [5.74, 6) is -0.335. The minimum atomic E-state index is -0.470. The summed E-state index contributed by atoms with van der Waals surface area (Å²) in [6.07, 6.45) is 1.19. The van der Waals surface area contributed by atoms with E-state index in [0.29, 0.717) is 23.3 Å². The van der Waals surface area contributed by atoms with Crippen molar-refractivity contribution < 1.29 is 9.72 Å². The van der Waals surface area contributed by atoms with Crippen LogP contribution in [0.2, 0.25) is 0 Å². The van der Waals surface area contributed by atoms with Gasteiger partial charge in [0.2, 0.25) is 5.91 Å². The van der Waals surface area contributed by atoms with E-state index in [9.17, 15) is 19.7 Å². The number of amides is 1. The van der Waals surface area contributed by atoms with Crippen LogP contribution in [0.15, 0.2) is 59.5 Å². The van der Waals surface area contributed by atoms with Crippen LogP contribution in [0.3, 0.4) is 0 Å². The maximum Gasteiger partial charge on any atom is 0.292 e. The molecule has 0 spiro atoms. The van der Waals surface area contributed by atoms with Crippen LogP contribution in [0, 0.1) is 10.1 Å². The van der Waals surface area contributed by atoms with Crippen molar-refractivity contribution in [3.8, 4) is 0 Å². The minimum Gasteiger partial charge on any atom is -0.378 e. The molecule has 0 aliphatic carbocycles. The molecular formula is C18H17N5O4. The first-order valence-corrected chi connectivity index (χ1v) is 8.25. The second-order valence-corrected chi connectivity index (χ2v) is 5.72. The average Bonchev–Trinajstić information content (AvgIpc) is 2.67. The maximum atomic E-state index is 12.2. The average molecular weight is 367 g/mol. The Balaban J connectivity index is 1.58. The fourth-order valence-corrected chi connectivity index (χ4v) is 2.66. The molecule has 3 rings (SSSR count). The number of nitrogens with one attached hydrogen (secondary N) is 2. The van der Waals surface area contributed by atoms with E-state index < -0.39 is 4.92 Å². The molecule has 1 heterocycles. The van der Waals surface area contributed by atoms with Crippen molar-refractivity contribution in [1.29, 1.82) is 0 Å². The predicted octanol–water partition coefficient (Wildman–Crippen LogP) is 1.53. The Labute approximate surface area is 153 Å². The summed E-state index contributed by atoms with van der Waals surface area (Å²) in [5, 5.41) is 16.6. The lowest BCUT2D eigenvalue weighted by Gasteiger charge is -2.11. The molecule has 0 saturated carbocycles. The first kappa shape index (κ1) is 18.1. The van der Waals surface area contributed by atoms with E-state index in [2.05, 4.69) is 15.6 Å². The van der Waals surface area contributed by atoms with Gasteiger partial charge in [0.15, 0.2) is 0 Å². The number of aromatic nitrogens is 2. The normalized spacial score (nSPS) is 10.5. The van der Waals surface area contributed by atoms with Crippen molar-refractivity contribution >= 4 is 28.3 Å². The van der Waals surface area contributed by atoms with Crippen LogP contribution >= 0.6 is 0 Å². The van der Waals surface area contributed by atoms with Gasteiger partial charge < -0.3 is 10.6 Å². The lowest BCUT2D eigenvalue weighted by Crippen LogP contribution is -2.35. The number of carbonyl (C=O) groups is 1. The van der Waals surface area contributed by atoms with E-state index in [1.54, 1.807) is 42.5 Å². The van der Waals surface area contributed by atoms with Crippen LogP contribution in [0.4, 0.5) is 11.4 Å². The fraction of sp³-hybridized carbons (Fsp3) is 0.167. The molecule has 138 valence electrons. The lowest BCUT2D eigenvalue weighted by atomic mass is 10.2. The Bertz CT molecular complexity index is 1050. The smallest absolute Gasteiger partial charge is 0.292 e. The Morgan fingerprint density at radius 2 is 1.85 bits per heavy atom. The standard InChI is InChI=1S/C18H17N5O4/c24-17(12-22-15-7-3-1-5-13(15)21-11-18(22)25)20-10-9-19-14-6-2-4-8-16(14)23(26)27/h1-8,11,19H,9-10,12H2,(H,20,24). The number of carbonyl (C=O) groups excluding carboxylic acids is 1. The van der Waals surface area contributed by atoms with Gasteiger partial charge in [-0.1, -0.05) is 24.3 Å². The van der Waals surface area contributed by atoms with Gasteiger partial charge in [-0.15, -0.1) is 0 Å². The zero-order chi connectivity index (χ0) is 19.2. The Hall–Kier alpha value is -3.75. The molecule has 0 aliphatic rings. The largest absolute Gasteiger partial charge is 0.378 e. The van der Waals surface area contributed by atoms with Crippen molar-refractivity contribution in [3.63, 3.8) is 0 Å². The zero-order valence-corrected chi connectivity index (χ0v) is 14.3. The first-order chi connectivity index (χ1) is 13.1. The minimum absolute atomic E-state index is 0.0290. The summed E-state index contributed by atoms with van der Waals surface area (Å²) in [5.41, 5.74) is 1.20. The molecule has 2 N–H and O–H groups in total. The van der Waals surface area contributed by atoms with E-state index in [1.165, 1.54) is 16.8 Å². The number of fused-ring (bicyclic) bond motifs is 1. The van der Waals surface area contributed by atoms with Gasteiger partial charge >= 0.3 is 0 Å². The topological polar surface area (TPSA) is 119 Å². The van der Waals surface area contributed by atoms with E-state index in [4.69, 9.17) is 0 Å². The van der Waals surface area contributed by atoms with E-state index >= 15 is 0 Å². The van der Waals surface area contributed by atoms with Gasteiger partial charge in [-0.3, -0.25) is 24.3 Å². The highest BCUT2D eigenvalue weighted by atomic mass is 16.6. The fourth-order valence-electron chi connectivity index (χ4n) is 2.66. The molecule has 9 nitrogen and oxygen atoms in total.